The molecule has 1 aromatic heterocycles. The first-order valence-corrected chi connectivity index (χ1v) is 11.6. The van der Waals surface area contributed by atoms with Gasteiger partial charge in [-0.2, -0.15) is 0 Å². The van der Waals surface area contributed by atoms with Crippen LogP contribution in [0.1, 0.15) is 33.9 Å². The van der Waals surface area contributed by atoms with Crippen molar-refractivity contribution in [1.29, 1.82) is 0 Å². The minimum atomic E-state index is 0.463. The molecule has 0 saturated carbocycles. The molecule has 0 fully saturated rings. The van der Waals surface area contributed by atoms with Gasteiger partial charge in [0.25, 0.3) is 0 Å². The lowest BCUT2D eigenvalue weighted by atomic mass is 9.93. The Balaban J connectivity index is 1.91. The Labute approximate surface area is 169 Å². The van der Waals surface area contributed by atoms with E-state index in [4.69, 9.17) is 4.74 Å². The van der Waals surface area contributed by atoms with Crippen LogP contribution in [-0.2, 0) is 24.4 Å². The Bertz CT molecular complexity index is 1010. The summed E-state index contributed by atoms with van der Waals surface area (Å²) in [7, 11) is 1.50. The van der Waals surface area contributed by atoms with Gasteiger partial charge in [-0.15, -0.1) is 10.2 Å². The number of nitrogens with zero attached hydrogens (tertiary/aromatic N) is 3. The number of hydrogen-bond acceptors (Lipinski definition) is 4. The van der Waals surface area contributed by atoms with Crippen LogP contribution in [0.4, 0.5) is 0 Å². The van der Waals surface area contributed by atoms with E-state index in [0.717, 1.165) is 29.3 Å². The van der Waals surface area contributed by atoms with Crippen molar-refractivity contribution >= 4 is 30.1 Å². The second kappa shape index (κ2) is 7.82. The Hall–Kier alpha value is -1.82. The fourth-order valence-electron chi connectivity index (χ4n) is 3.30. The van der Waals surface area contributed by atoms with Crippen molar-refractivity contribution in [3.63, 3.8) is 0 Å². The summed E-state index contributed by atoms with van der Waals surface area (Å²) >= 11 is 2.20. The van der Waals surface area contributed by atoms with Crippen LogP contribution in [0.3, 0.4) is 0 Å². The Morgan fingerprint density at radius 3 is 2.81 bits per heavy atom. The van der Waals surface area contributed by atoms with Crippen LogP contribution in [0, 0.1) is 18.1 Å². The molecule has 0 radical (unpaired) electrons. The summed E-state index contributed by atoms with van der Waals surface area (Å²) in [6.45, 7) is 2.99. The normalized spacial score (nSPS) is 12.5. The molecular weight excluding hydrogens is 457 g/mol. The van der Waals surface area contributed by atoms with Crippen molar-refractivity contribution in [2.24, 2.45) is 0 Å². The number of fused-ring (bicyclic) bond motifs is 3. The fraction of sp³-hybridized carbons (Fsp3) is 0.200. The maximum atomic E-state index is 5.92. The van der Waals surface area contributed by atoms with E-state index in [1.54, 1.807) is 0 Å². The summed E-state index contributed by atoms with van der Waals surface area (Å²) in [4.78, 5) is 0. The maximum Gasteiger partial charge on any atom is 0.163 e. The highest BCUT2D eigenvalue weighted by Gasteiger charge is 2.22. The summed E-state index contributed by atoms with van der Waals surface area (Å²) in [6, 6.07) is 14.7. The van der Waals surface area contributed by atoms with Crippen molar-refractivity contribution in [2.75, 3.05) is 0 Å². The van der Waals surface area contributed by atoms with E-state index in [-0.39, 0.29) is 0 Å². The minimum absolute atomic E-state index is 0.463. The van der Waals surface area contributed by atoms with Crippen LogP contribution in [0.2, 0.25) is 0 Å². The predicted molar refractivity (Wildman–Crippen MR) is 112 cm³/mol. The average Bonchev–Trinajstić information content (AvgIpc) is 2.92. The molecule has 130 valence electrons. The summed E-state index contributed by atoms with van der Waals surface area (Å²) in [5.41, 5.74) is 5.79. The zero-order valence-electron chi connectivity index (χ0n) is 14.2. The van der Waals surface area contributed by atoms with Crippen LogP contribution in [0.25, 0.3) is 5.69 Å². The van der Waals surface area contributed by atoms with Crippen LogP contribution in [0.15, 0.2) is 42.5 Å². The van der Waals surface area contributed by atoms with E-state index in [2.05, 4.69) is 83.5 Å². The quantitative estimate of drug-likeness (QED) is 0.404. The van der Waals surface area contributed by atoms with Crippen molar-refractivity contribution < 1.29 is 4.74 Å². The van der Waals surface area contributed by atoms with Crippen molar-refractivity contribution in [3.8, 4) is 16.9 Å². The molecule has 0 amide bonds. The summed E-state index contributed by atoms with van der Waals surface area (Å²) in [5, 5.41) is 11.6. The number of ether oxygens (including phenoxy) is 1. The molecule has 1 aliphatic heterocycles. The molecule has 0 unspecified atom stereocenters. The van der Waals surface area contributed by atoms with E-state index in [1.165, 1.54) is 25.6 Å². The molecule has 2 aromatic carbocycles. The molecule has 3 aromatic rings. The van der Waals surface area contributed by atoms with Gasteiger partial charge in [-0.3, -0.25) is 4.57 Å². The largest absolute Gasteiger partial charge is 0.369 e. The molecule has 4 rings (SSSR count). The molecule has 4 nitrogen and oxygen atoms in total. The molecule has 26 heavy (non-hydrogen) atoms. The number of aromatic nitrogens is 3. The third-order valence-electron chi connectivity index (χ3n) is 4.46. The number of hydrogen-bond donors (Lipinski definition) is 0. The highest BCUT2D eigenvalue weighted by Crippen LogP contribution is 2.30. The van der Waals surface area contributed by atoms with Crippen molar-refractivity contribution in [3.05, 3.63) is 76.4 Å². The van der Waals surface area contributed by atoms with Crippen LogP contribution in [-0.4, -0.2) is 14.8 Å². The van der Waals surface area contributed by atoms with Gasteiger partial charge in [0.1, 0.15) is 12.4 Å². The lowest BCUT2D eigenvalue weighted by Gasteiger charge is -2.16. The highest BCUT2D eigenvalue weighted by atomic mass is 127. The standard InChI is InChI=1S/C20H16IN3OS/c1-14-22-23-20-13-25-12-18-17(11-15-5-3-2-4-6-15)16(9-10-26-21)7-8-19(18)24(14)20/h2-8H,11-13H2,1H3. The Kier molecular flexibility index (Phi) is 5.29. The van der Waals surface area contributed by atoms with Gasteiger partial charge in [0.05, 0.1) is 12.3 Å². The summed E-state index contributed by atoms with van der Waals surface area (Å²) < 4.78 is 8.02. The monoisotopic (exact) mass is 473 g/mol. The molecule has 0 spiro atoms. The van der Waals surface area contributed by atoms with Gasteiger partial charge in [-0.25, -0.2) is 0 Å². The number of aryl methyl sites for hydroxylation is 1. The summed E-state index contributed by atoms with van der Waals surface area (Å²) in [6.07, 6.45) is 0.819. The molecule has 6 heteroatoms. The van der Waals surface area contributed by atoms with Crippen LogP contribution in [0.5, 0.6) is 0 Å². The smallest absolute Gasteiger partial charge is 0.163 e. The first-order valence-electron chi connectivity index (χ1n) is 8.24. The average molecular weight is 473 g/mol. The minimum Gasteiger partial charge on any atom is -0.369 e. The van der Waals surface area contributed by atoms with E-state index in [9.17, 15) is 0 Å². The number of benzene rings is 2. The van der Waals surface area contributed by atoms with E-state index in [1.807, 2.05) is 13.0 Å². The van der Waals surface area contributed by atoms with E-state index in [0.29, 0.717) is 13.2 Å². The topological polar surface area (TPSA) is 39.9 Å². The third kappa shape index (κ3) is 3.39. The van der Waals surface area contributed by atoms with Gasteiger partial charge in [0, 0.05) is 32.3 Å². The van der Waals surface area contributed by atoms with Gasteiger partial charge >= 0.3 is 0 Å². The maximum absolute atomic E-state index is 5.92. The number of halogens is 1. The van der Waals surface area contributed by atoms with Gasteiger partial charge in [0.2, 0.25) is 0 Å². The Morgan fingerprint density at radius 1 is 1.15 bits per heavy atom. The van der Waals surface area contributed by atoms with Gasteiger partial charge < -0.3 is 4.74 Å². The lowest BCUT2D eigenvalue weighted by Crippen LogP contribution is -2.07. The van der Waals surface area contributed by atoms with Crippen LogP contribution < -0.4 is 0 Å². The zero-order valence-corrected chi connectivity index (χ0v) is 17.2. The van der Waals surface area contributed by atoms with Crippen molar-refractivity contribution in [2.45, 2.75) is 26.6 Å². The zero-order chi connectivity index (χ0) is 17.9. The fourth-order valence-corrected chi connectivity index (χ4v) is 3.78. The van der Waals surface area contributed by atoms with Gasteiger partial charge in [-0.1, -0.05) is 36.3 Å². The molecule has 1 aliphatic rings. The summed E-state index contributed by atoms with van der Waals surface area (Å²) in [5.74, 6) is 5.01. The lowest BCUT2D eigenvalue weighted by molar-refractivity contribution is 0.104. The Morgan fingerprint density at radius 2 is 2.00 bits per heavy atom. The molecule has 0 atom stereocenters. The molecule has 0 N–H and O–H groups in total. The van der Waals surface area contributed by atoms with E-state index < -0.39 is 0 Å². The first-order chi connectivity index (χ1) is 12.8. The molecule has 2 heterocycles. The van der Waals surface area contributed by atoms with E-state index >= 15 is 0 Å². The number of rotatable bonds is 2. The highest BCUT2D eigenvalue weighted by molar-refractivity contribution is 14.2. The second-order valence-corrected chi connectivity index (χ2v) is 7.73. The van der Waals surface area contributed by atoms with Crippen LogP contribution >= 0.6 is 30.1 Å². The molecular formula is C20H16IN3OS. The van der Waals surface area contributed by atoms with Crippen molar-refractivity contribution in [1.82, 2.24) is 14.8 Å². The van der Waals surface area contributed by atoms with Gasteiger partial charge in [0.15, 0.2) is 5.82 Å². The van der Waals surface area contributed by atoms with Gasteiger partial charge in [-0.05, 0) is 50.8 Å². The SMILES string of the molecule is Cc1nnc2n1-c1ccc(C#CSI)c(Cc3ccccc3)c1COC2. The molecule has 0 aliphatic carbocycles. The third-order valence-corrected chi connectivity index (χ3v) is 5.30. The molecule has 0 saturated heterocycles. The second-order valence-electron chi connectivity index (χ2n) is 6.05. The predicted octanol–water partition coefficient (Wildman–Crippen LogP) is 4.59. The first kappa shape index (κ1) is 17.6. The molecule has 0 bridgehead atoms.